The van der Waals surface area contributed by atoms with E-state index in [2.05, 4.69) is 5.32 Å². The van der Waals surface area contributed by atoms with Gasteiger partial charge in [-0.3, -0.25) is 14.4 Å². The lowest BCUT2D eigenvalue weighted by Gasteiger charge is -2.41. The summed E-state index contributed by atoms with van der Waals surface area (Å²) < 4.78 is 188. The molecule has 70 heavy (non-hydrogen) atoms. The number of aliphatic hydroxyl groups is 8. The number of carbonyl (C=O) groups excluding carboxylic acids is 3. The van der Waals surface area contributed by atoms with Crippen molar-refractivity contribution in [1.29, 1.82) is 0 Å². The van der Waals surface area contributed by atoms with Gasteiger partial charge >= 0.3 is 35.8 Å². The van der Waals surface area contributed by atoms with Crippen molar-refractivity contribution in [2.24, 2.45) is 0 Å². The molecule has 0 spiro atoms. The summed E-state index contributed by atoms with van der Waals surface area (Å²) >= 11 is 0. The van der Waals surface area contributed by atoms with Crippen LogP contribution in [-0.2, 0) is 19.1 Å². The van der Waals surface area contributed by atoms with Crippen LogP contribution in [0.15, 0.2) is 24.3 Å². The first-order chi connectivity index (χ1) is 31.8. The molecule has 11 N–H and O–H groups in total. The Balaban J connectivity index is 2.33. The van der Waals surface area contributed by atoms with E-state index in [-0.39, 0.29) is 24.9 Å². The molecule has 10 atom stereocenters. The number of unbranched alkanes of at least 4 members (excludes halogenated alkanes) is 1. The summed E-state index contributed by atoms with van der Waals surface area (Å²) in [5, 5.41) is 98.9. The van der Waals surface area contributed by atoms with Gasteiger partial charge < -0.3 is 71.5 Å². The van der Waals surface area contributed by atoms with Crippen LogP contribution in [0.4, 0.5) is 57.1 Å². The molecule has 1 aromatic carbocycles. The molecular formula is C39H53F13N4O14. The predicted molar refractivity (Wildman–Crippen MR) is 210 cm³/mol. The second kappa shape index (κ2) is 24.0. The molecule has 404 valence electrons. The van der Waals surface area contributed by atoms with Crippen LogP contribution in [0.2, 0.25) is 0 Å². The maximum Gasteiger partial charge on any atom is 0.460 e. The Morgan fingerprint density at radius 2 is 1.33 bits per heavy atom. The number of hydrogen-bond acceptors (Lipinski definition) is 14. The monoisotopic (exact) mass is 1050 g/mol. The van der Waals surface area contributed by atoms with Gasteiger partial charge in [0.2, 0.25) is 5.91 Å². The smallest absolute Gasteiger partial charge is 0.460 e. The molecule has 1 saturated heterocycles. The third kappa shape index (κ3) is 14.5. The highest BCUT2D eigenvalue weighted by Gasteiger charge is 2.90. The fourth-order valence-electron chi connectivity index (χ4n) is 6.11. The van der Waals surface area contributed by atoms with E-state index in [4.69, 9.17) is 9.47 Å². The number of nitrogens with zero attached hydrogens (tertiary/aromatic N) is 1. The van der Waals surface area contributed by atoms with Crippen molar-refractivity contribution in [1.82, 2.24) is 16.0 Å². The standard InChI is InChI=1S/C39H53F13N4O14/c1-33(2,3)56(68)15-18-7-9-19(10-8-18)29(65)53-12-5-4-6-21(30(66)54-13-11-34(40,41)35(42,43)36(44,45)37(46,47)38(48,49)39(50,51)52)55-31(67)27(63)24(60)22(14-20(59)16-57)69-32-28(64)26(62)25(61)23(17-58)70-32/h7-10,15,20-28,32,57-64H,4-6,11-14,16-17H2,1-3H3,(H,53,65)(H,54,66)(H,55,67)/t20-,21?,22+,23+,24+,25-,26-,27+,28+,32+/m0/s1. The quantitative estimate of drug-likeness (QED) is 0.0161. The van der Waals surface area contributed by atoms with Crippen LogP contribution >= 0.6 is 0 Å². The first-order valence-electron chi connectivity index (χ1n) is 20.7. The zero-order valence-corrected chi connectivity index (χ0v) is 36.9. The highest BCUT2D eigenvalue weighted by Crippen LogP contribution is 2.60. The first-order valence-corrected chi connectivity index (χ1v) is 20.7. The summed E-state index contributed by atoms with van der Waals surface area (Å²) in [6.07, 6.45) is -30.7. The predicted octanol–water partition coefficient (Wildman–Crippen LogP) is 0.695. The van der Waals surface area contributed by atoms with Crippen molar-refractivity contribution < 1.29 is 127 Å². The second-order valence-electron chi connectivity index (χ2n) is 17.0. The van der Waals surface area contributed by atoms with Gasteiger partial charge in [-0.2, -0.15) is 57.1 Å². The number of rotatable bonds is 25. The molecule has 1 unspecified atom stereocenters. The zero-order chi connectivity index (χ0) is 54.2. The average Bonchev–Trinajstić information content (AvgIpc) is 3.26. The Kier molecular flexibility index (Phi) is 21.2. The lowest BCUT2D eigenvalue weighted by atomic mass is 9.92. The molecule has 1 aromatic rings. The molecule has 0 radical (unpaired) electrons. The molecule has 0 bridgehead atoms. The lowest BCUT2D eigenvalue weighted by molar-refractivity contribution is -0.530. The highest BCUT2D eigenvalue weighted by atomic mass is 19.4. The van der Waals surface area contributed by atoms with Crippen LogP contribution in [0.3, 0.4) is 0 Å². The van der Waals surface area contributed by atoms with Gasteiger partial charge in [0.05, 0.1) is 25.4 Å². The normalized spacial score (nSPS) is 22.4. The second-order valence-corrected chi connectivity index (χ2v) is 17.0. The van der Waals surface area contributed by atoms with Gasteiger partial charge in [-0.25, -0.2) is 4.74 Å². The van der Waals surface area contributed by atoms with Crippen molar-refractivity contribution >= 4 is 23.9 Å². The third-order valence-corrected chi connectivity index (χ3v) is 10.5. The Hall–Kier alpha value is -4.21. The molecule has 1 aliphatic heterocycles. The van der Waals surface area contributed by atoms with E-state index in [0.717, 1.165) is 0 Å². The molecule has 18 nitrogen and oxygen atoms in total. The largest absolute Gasteiger partial charge is 0.623 e. The number of hydroxylamine groups is 1. The van der Waals surface area contributed by atoms with Crippen molar-refractivity contribution in [3.8, 4) is 0 Å². The topological polar surface area (TPSA) is 294 Å². The van der Waals surface area contributed by atoms with Crippen LogP contribution in [0.25, 0.3) is 0 Å². The Morgan fingerprint density at radius 1 is 0.771 bits per heavy atom. The molecule has 3 amide bonds. The van der Waals surface area contributed by atoms with E-state index in [1.54, 1.807) is 26.1 Å². The fourth-order valence-corrected chi connectivity index (χ4v) is 6.11. The van der Waals surface area contributed by atoms with E-state index in [9.17, 15) is 118 Å². The number of benzene rings is 1. The minimum absolute atomic E-state index is 0.0840. The molecule has 1 heterocycles. The van der Waals surface area contributed by atoms with Gasteiger partial charge in [-0.15, -0.1) is 0 Å². The number of hydrogen-bond donors (Lipinski definition) is 11. The van der Waals surface area contributed by atoms with Crippen LogP contribution in [0.1, 0.15) is 68.8 Å². The summed E-state index contributed by atoms with van der Waals surface area (Å²) in [4.78, 5) is 39.1. The SMILES string of the molecule is CC(C)(C)[N+]([O-])=Cc1ccc(C(=O)NCCCCC(NC(=O)[C@H](O)[C@H](O)[C@@H](C[C@H](O)CO)O[C@@H]2O[C@H](CO)[C@H](O)[C@H](O)[C@H]2O)C(=O)NCCC(F)(F)C(F)(F)C(F)(F)C(F)(F)C(F)(F)C(F)(F)F)cc1. The van der Waals surface area contributed by atoms with Crippen molar-refractivity contribution in [3.05, 3.63) is 40.6 Å². The van der Waals surface area contributed by atoms with Crippen LogP contribution in [0, 0.1) is 5.21 Å². The first kappa shape index (κ1) is 61.9. The molecule has 2 rings (SSSR count). The van der Waals surface area contributed by atoms with Gasteiger partial charge in [0.25, 0.3) is 11.8 Å². The molecule has 0 aromatic heterocycles. The Bertz CT molecular complexity index is 1910. The number of alkyl halides is 13. The fraction of sp³-hybridized carbons (Fsp3) is 0.744. The van der Waals surface area contributed by atoms with Crippen LogP contribution in [-0.4, -0.2) is 198 Å². The summed E-state index contributed by atoms with van der Waals surface area (Å²) in [6, 6.07) is 3.40. The van der Waals surface area contributed by atoms with Gasteiger partial charge in [-0.05, 0) is 43.5 Å². The minimum Gasteiger partial charge on any atom is -0.623 e. The summed E-state index contributed by atoms with van der Waals surface area (Å²) in [7, 11) is 0. The minimum atomic E-state index is -8.18. The van der Waals surface area contributed by atoms with E-state index in [1.807, 2.05) is 0 Å². The number of carbonyl (C=O) groups is 3. The van der Waals surface area contributed by atoms with E-state index in [0.29, 0.717) is 10.3 Å². The lowest BCUT2D eigenvalue weighted by Crippen LogP contribution is -2.70. The van der Waals surface area contributed by atoms with Gasteiger partial charge in [0, 0.05) is 57.8 Å². The van der Waals surface area contributed by atoms with Crippen LogP contribution in [0.5, 0.6) is 0 Å². The van der Waals surface area contributed by atoms with Crippen molar-refractivity contribution in [2.45, 2.75) is 155 Å². The highest BCUT2D eigenvalue weighted by molar-refractivity contribution is 5.94. The molecule has 31 heteroatoms. The van der Waals surface area contributed by atoms with Gasteiger partial charge in [0.15, 0.2) is 24.1 Å². The zero-order valence-electron chi connectivity index (χ0n) is 36.9. The molecule has 0 saturated carbocycles. The Labute approximate surface area is 388 Å². The number of nitrogens with one attached hydrogen (secondary N) is 3. The molecule has 0 aliphatic carbocycles. The van der Waals surface area contributed by atoms with E-state index >= 15 is 0 Å². The summed E-state index contributed by atoms with van der Waals surface area (Å²) in [5.74, 6) is -42.8. The van der Waals surface area contributed by atoms with E-state index < -0.39 is 159 Å². The van der Waals surface area contributed by atoms with Gasteiger partial charge in [0.1, 0.15) is 36.6 Å². The third-order valence-electron chi connectivity index (χ3n) is 10.5. The summed E-state index contributed by atoms with van der Waals surface area (Å²) in [5.41, 5.74) is -0.276. The van der Waals surface area contributed by atoms with Crippen molar-refractivity contribution in [2.75, 3.05) is 26.3 Å². The average molecular weight is 1050 g/mol. The molecule has 1 fully saturated rings. The Morgan fingerprint density at radius 3 is 1.84 bits per heavy atom. The van der Waals surface area contributed by atoms with Crippen molar-refractivity contribution in [3.63, 3.8) is 0 Å². The maximum absolute atomic E-state index is 14.5. The maximum atomic E-state index is 14.5. The van der Waals surface area contributed by atoms with Gasteiger partial charge in [-0.1, -0.05) is 0 Å². The number of halogens is 13. The number of amides is 3. The number of aliphatic hydroxyl groups excluding tert-OH is 8. The summed E-state index contributed by atoms with van der Waals surface area (Å²) in [6.45, 7) is 0.631. The van der Waals surface area contributed by atoms with E-state index in [1.165, 1.54) is 35.8 Å². The molecule has 1 aliphatic rings. The number of ether oxygens (including phenoxy) is 2. The molecular weight excluding hydrogens is 995 g/mol. The van der Waals surface area contributed by atoms with Crippen LogP contribution < -0.4 is 16.0 Å².